The van der Waals surface area contributed by atoms with Gasteiger partial charge < -0.3 is 10.4 Å². The third-order valence-electron chi connectivity index (χ3n) is 5.19. The zero-order chi connectivity index (χ0) is 21.3. The summed E-state index contributed by atoms with van der Waals surface area (Å²) < 4.78 is 0. The molecule has 4 heteroatoms. The Morgan fingerprint density at radius 1 is 0.867 bits per heavy atom. The highest BCUT2D eigenvalue weighted by atomic mass is 16.3. The molecule has 2 N–H and O–H groups in total. The topological polar surface area (TPSA) is 52.6 Å². The quantitative estimate of drug-likeness (QED) is 0.530. The van der Waals surface area contributed by atoms with E-state index in [4.69, 9.17) is 0 Å². The van der Waals surface area contributed by atoms with E-state index in [9.17, 15) is 9.90 Å². The van der Waals surface area contributed by atoms with Crippen molar-refractivity contribution in [3.63, 3.8) is 0 Å². The van der Waals surface area contributed by atoms with Gasteiger partial charge in [-0.1, -0.05) is 86.6 Å². The van der Waals surface area contributed by atoms with Crippen LogP contribution in [0.15, 0.2) is 84.9 Å². The molecule has 0 aliphatic heterocycles. The molecule has 0 radical (unpaired) electrons. The third-order valence-corrected chi connectivity index (χ3v) is 5.19. The minimum absolute atomic E-state index is 0.0213. The normalized spacial score (nSPS) is 12.2. The fraction of sp³-hybridized carbons (Fsp3) is 0.269. The van der Waals surface area contributed by atoms with Crippen molar-refractivity contribution in [1.29, 1.82) is 0 Å². The second kappa shape index (κ2) is 10.7. The van der Waals surface area contributed by atoms with Crippen LogP contribution in [0.3, 0.4) is 0 Å². The van der Waals surface area contributed by atoms with E-state index in [1.807, 2.05) is 89.8 Å². The Balaban J connectivity index is 1.87. The number of hydrogen-bond donors (Lipinski definition) is 2. The average Bonchev–Trinajstić information content (AvgIpc) is 2.76. The summed E-state index contributed by atoms with van der Waals surface area (Å²) >= 11 is 0. The van der Waals surface area contributed by atoms with Crippen LogP contribution >= 0.6 is 0 Å². The SMILES string of the molecule is CC(C)c1ccc(NC(=O)C(c2ccccc2)N(CCO)Cc2ccccc2)cc1. The van der Waals surface area contributed by atoms with E-state index in [-0.39, 0.29) is 12.5 Å². The van der Waals surface area contributed by atoms with Gasteiger partial charge in [-0.15, -0.1) is 0 Å². The molecule has 4 nitrogen and oxygen atoms in total. The molecule has 0 bridgehead atoms. The molecule has 0 aliphatic carbocycles. The van der Waals surface area contributed by atoms with Crippen LogP contribution < -0.4 is 5.32 Å². The van der Waals surface area contributed by atoms with Crippen molar-refractivity contribution < 1.29 is 9.90 Å². The fourth-order valence-corrected chi connectivity index (χ4v) is 3.57. The number of carbonyl (C=O) groups is 1. The molecule has 1 unspecified atom stereocenters. The van der Waals surface area contributed by atoms with Gasteiger partial charge in [-0.2, -0.15) is 0 Å². The molecule has 1 amide bonds. The van der Waals surface area contributed by atoms with E-state index >= 15 is 0 Å². The number of hydrogen-bond acceptors (Lipinski definition) is 3. The van der Waals surface area contributed by atoms with Gasteiger partial charge in [-0.25, -0.2) is 0 Å². The molecule has 3 aromatic carbocycles. The molecule has 0 fully saturated rings. The summed E-state index contributed by atoms with van der Waals surface area (Å²) in [6.45, 7) is 5.24. The standard InChI is InChI=1S/C26H30N2O2/c1-20(2)22-13-15-24(16-14-22)27-26(30)25(23-11-7-4-8-12-23)28(17-18-29)19-21-9-5-3-6-10-21/h3-16,20,25,29H,17-19H2,1-2H3,(H,27,30). The van der Waals surface area contributed by atoms with Gasteiger partial charge in [-0.05, 0) is 34.7 Å². The highest BCUT2D eigenvalue weighted by molar-refractivity contribution is 5.95. The van der Waals surface area contributed by atoms with Gasteiger partial charge in [0.15, 0.2) is 0 Å². The molecule has 30 heavy (non-hydrogen) atoms. The maximum Gasteiger partial charge on any atom is 0.246 e. The molecular formula is C26H30N2O2. The molecule has 0 aliphatic rings. The first kappa shape index (κ1) is 21.8. The van der Waals surface area contributed by atoms with E-state index in [0.29, 0.717) is 19.0 Å². The summed E-state index contributed by atoms with van der Waals surface area (Å²) in [7, 11) is 0. The largest absolute Gasteiger partial charge is 0.395 e. The number of benzene rings is 3. The van der Waals surface area contributed by atoms with Crippen molar-refractivity contribution in [2.75, 3.05) is 18.5 Å². The van der Waals surface area contributed by atoms with E-state index in [1.165, 1.54) is 5.56 Å². The maximum atomic E-state index is 13.4. The van der Waals surface area contributed by atoms with Crippen LogP contribution in [0.25, 0.3) is 0 Å². The molecular weight excluding hydrogens is 372 g/mol. The van der Waals surface area contributed by atoms with Crippen LogP contribution in [0, 0.1) is 0 Å². The first-order valence-corrected chi connectivity index (χ1v) is 10.4. The van der Waals surface area contributed by atoms with E-state index in [2.05, 4.69) is 19.2 Å². The predicted octanol–water partition coefficient (Wildman–Crippen LogP) is 4.98. The van der Waals surface area contributed by atoms with Crippen LogP contribution in [0.2, 0.25) is 0 Å². The Bertz CT molecular complexity index is 909. The zero-order valence-electron chi connectivity index (χ0n) is 17.7. The molecule has 1 atom stereocenters. The Kier molecular flexibility index (Phi) is 7.77. The zero-order valence-corrected chi connectivity index (χ0v) is 17.7. The Hall–Kier alpha value is -2.95. The molecule has 156 valence electrons. The van der Waals surface area contributed by atoms with Crippen molar-refractivity contribution in [2.24, 2.45) is 0 Å². The highest BCUT2D eigenvalue weighted by Gasteiger charge is 2.27. The fourth-order valence-electron chi connectivity index (χ4n) is 3.57. The molecule has 0 heterocycles. The van der Waals surface area contributed by atoms with Gasteiger partial charge in [0.1, 0.15) is 6.04 Å². The van der Waals surface area contributed by atoms with Gasteiger partial charge >= 0.3 is 0 Å². The van der Waals surface area contributed by atoms with Crippen LogP contribution in [0.5, 0.6) is 0 Å². The molecule has 0 saturated carbocycles. The lowest BCUT2D eigenvalue weighted by atomic mass is 10.0. The smallest absolute Gasteiger partial charge is 0.246 e. The first-order chi connectivity index (χ1) is 14.6. The van der Waals surface area contributed by atoms with Crippen molar-refractivity contribution in [3.8, 4) is 0 Å². The van der Waals surface area contributed by atoms with E-state index in [0.717, 1.165) is 16.8 Å². The minimum atomic E-state index is -0.511. The van der Waals surface area contributed by atoms with Gasteiger partial charge in [0.2, 0.25) is 5.91 Å². The number of nitrogens with one attached hydrogen (secondary N) is 1. The maximum absolute atomic E-state index is 13.4. The number of anilines is 1. The average molecular weight is 403 g/mol. The van der Waals surface area contributed by atoms with E-state index in [1.54, 1.807) is 0 Å². The number of carbonyl (C=O) groups excluding carboxylic acids is 1. The summed E-state index contributed by atoms with van der Waals surface area (Å²) in [5.74, 6) is 0.334. The number of rotatable bonds is 9. The number of aliphatic hydroxyl groups excluding tert-OH is 1. The van der Waals surface area contributed by atoms with Gasteiger partial charge in [0.25, 0.3) is 0 Å². The Morgan fingerprint density at radius 2 is 1.47 bits per heavy atom. The predicted molar refractivity (Wildman–Crippen MR) is 122 cm³/mol. The van der Waals surface area contributed by atoms with Crippen LogP contribution in [-0.4, -0.2) is 29.1 Å². The molecule has 0 aromatic heterocycles. The highest BCUT2D eigenvalue weighted by Crippen LogP contribution is 2.25. The second-order valence-electron chi connectivity index (χ2n) is 7.76. The van der Waals surface area contributed by atoms with Gasteiger partial charge in [0, 0.05) is 18.8 Å². The lowest BCUT2D eigenvalue weighted by Crippen LogP contribution is -2.38. The summed E-state index contributed by atoms with van der Waals surface area (Å²) in [5.41, 5.74) is 4.01. The Labute approximate surface area is 179 Å². The first-order valence-electron chi connectivity index (χ1n) is 10.4. The number of nitrogens with zero attached hydrogens (tertiary/aromatic N) is 1. The van der Waals surface area contributed by atoms with Crippen LogP contribution in [0.1, 0.15) is 42.5 Å². The lowest BCUT2D eigenvalue weighted by molar-refractivity contribution is -0.122. The lowest BCUT2D eigenvalue weighted by Gasteiger charge is -2.31. The Morgan fingerprint density at radius 3 is 2.03 bits per heavy atom. The molecule has 0 spiro atoms. The van der Waals surface area contributed by atoms with Crippen molar-refractivity contribution in [2.45, 2.75) is 32.4 Å². The van der Waals surface area contributed by atoms with Crippen molar-refractivity contribution >= 4 is 11.6 Å². The van der Waals surface area contributed by atoms with Crippen molar-refractivity contribution in [1.82, 2.24) is 4.90 Å². The molecule has 3 aromatic rings. The summed E-state index contributed by atoms with van der Waals surface area (Å²) in [4.78, 5) is 15.4. The number of amides is 1. The summed E-state index contributed by atoms with van der Waals surface area (Å²) in [5, 5.41) is 12.8. The summed E-state index contributed by atoms with van der Waals surface area (Å²) in [6, 6.07) is 27.2. The second-order valence-corrected chi connectivity index (χ2v) is 7.76. The minimum Gasteiger partial charge on any atom is -0.395 e. The summed E-state index contributed by atoms with van der Waals surface area (Å²) in [6.07, 6.45) is 0. The third kappa shape index (κ3) is 5.78. The monoisotopic (exact) mass is 402 g/mol. The van der Waals surface area contributed by atoms with Crippen LogP contribution in [0.4, 0.5) is 5.69 Å². The van der Waals surface area contributed by atoms with Crippen LogP contribution in [-0.2, 0) is 11.3 Å². The van der Waals surface area contributed by atoms with Crippen molar-refractivity contribution in [3.05, 3.63) is 102 Å². The van der Waals surface area contributed by atoms with E-state index < -0.39 is 6.04 Å². The molecule has 0 saturated heterocycles. The van der Waals surface area contributed by atoms with Gasteiger partial charge in [-0.3, -0.25) is 9.69 Å². The molecule has 3 rings (SSSR count). The van der Waals surface area contributed by atoms with Gasteiger partial charge in [0.05, 0.1) is 6.61 Å². The number of aliphatic hydroxyl groups is 1.